The van der Waals surface area contributed by atoms with Crippen molar-refractivity contribution >= 4 is 11.9 Å². The zero-order valence-electron chi connectivity index (χ0n) is 11.2. The number of imide groups is 1. The second-order valence-electron chi connectivity index (χ2n) is 4.83. The predicted octanol–water partition coefficient (Wildman–Crippen LogP) is 0.588. The number of nitrogens with one attached hydrogen (secondary N) is 3. The van der Waals surface area contributed by atoms with Crippen molar-refractivity contribution in [3.05, 3.63) is 35.4 Å². The maximum Gasteiger partial charge on any atom is 0.321 e. The second kappa shape index (κ2) is 5.84. The molecule has 0 aliphatic heterocycles. The Bertz CT molecular complexity index is 462. The van der Waals surface area contributed by atoms with E-state index in [-0.39, 0.29) is 11.9 Å². The lowest BCUT2D eigenvalue weighted by Crippen LogP contribution is -2.50. The molecule has 0 aromatic heterocycles. The fraction of sp³-hybridized carbons (Fsp3) is 0.429. The zero-order valence-corrected chi connectivity index (χ0v) is 11.2. The van der Waals surface area contributed by atoms with Crippen LogP contribution >= 0.6 is 0 Å². The van der Waals surface area contributed by atoms with E-state index in [0.717, 1.165) is 12.8 Å². The van der Waals surface area contributed by atoms with E-state index in [1.54, 1.807) is 6.92 Å². The minimum absolute atomic E-state index is 0.253. The van der Waals surface area contributed by atoms with Crippen LogP contribution in [0.2, 0.25) is 0 Å². The van der Waals surface area contributed by atoms with Crippen LogP contribution in [0.5, 0.6) is 0 Å². The minimum Gasteiger partial charge on any atom is -0.341 e. The highest BCUT2D eigenvalue weighted by molar-refractivity contribution is 5.96. The number of benzene rings is 1. The average Bonchev–Trinajstić information content (AvgIpc) is 2.80. The van der Waals surface area contributed by atoms with E-state index in [1.807, 2.05) is 12.1 Å². The molecule has 5 nitrogen and oxygen atoms in total. The van der Waals surface area contributed by atoms with Crippen molar-refractivity contribution in [2.24, 2.45) is 0 Å². The topological polar surface area (TPSA) is 70.2 Å². The molecule has 19 heavy (non-hydrogen) atoms. The number of carbonyl (C=O) groups excluding carboxylic acids is 2. The Balaban J connectivity index is 1.86. The van der Waals surface area contributed by atoms with E-state index in [2.05, 4.69) is 28.1 Å². The maximum absolute atomic E-state index is 11.7. The van der Waals surface area contributed by atoms with Gasteiger partial charge < -0.3 is 10.6 Å². The number of rotatable bonds is 3. The molecule has 0 saturated heterocycles. The van der Waals surface area contributed by atoms with Crippen molar-refractivity contribution in [1.29, 1.82) is 0 Å². The second-order valence-corrected chi connectivity index (χ2v) is 4.83. The lowest BCUT2D eigenvalue weighted by Gasteiger charge is -2.18. The standard InChI is InChI=1S/C14H19N3O2/c1-9(13(18)17-14(19)15-2)16-12-7-10-5-3-4-6-11(10)8-12/h3-6,9,12,16H,7-8H2,1-2H3,(H2,15,17,18,19). The van der Waals surface area contributed by atoms with E-state index in [4.69, 9.17) is 0 Å². The predicted molar refractivity (Wildman–Crippen MR) is 72.8 cm³/mol. The molecule has 1 aromatic carbocycles. The van der Waals surface area contributed by atoms with Crippen molar-refractivity contribution in [2.75, 3.05) is 7.05 Å². The number of amides is 3. The summed E-state index contributed by atoms with van der Waals surface area (Å²) in [5, 5.41) is 7.90. The molecular weight excluding hydrogens is 242 g/mol. The molecule has 0 fully saturated rings. The average molecular weight is 261 g/mol. The molecule has 1 aliphatic rings. The van der Waals surface area contributed by atoms with Gasteiger partial charge in [-0.05, 0) is 30.9 Å². The van der Waals surface area contributed by atoms with Crippen LogP contribution in [0, 0.1) is 0 Å². The summed E-state index contributed by atoms with van der Waals surface area (Å²) in [5.41, 5.74) is 2.66. The third-order valence-electron chi connectivity index (χ3n) is 3.39. The Labute approximate surface area is 112 Å². The first-order valence-electron chi connectivity index (χ1n) is 6.45. The number of hydrogen-bond donors (Lipinski definition) is 3. The van der Waals surface area contributed by atoms with Gasteiger partial charge in [0, 0.05) is 13.1 Å². The highest BCUT2D eigenvalue weighted by Gasteiger charge is 2.24. The molecule has 0 radical (unpaired) electrons. The van der Waals surface area contributed by atoms with Gasteiger partial charge in [-0.15, -0.1) is 0 Å². The largest absolute Gasteiger partial charge is 0.341 e. The molecule has 0 saturated carbocycles. The fourth-order valence-corrected chi connectivity index (χ4v) is 2.39. The molecule has 0 bridgehead atoms. The van der Waals surface area contributed by atoms with Gasteiger partial charge in [-0.2, -0.15) is 0 Å². The smallest absolute Gasteiger partial charge is 0.321 e. The molecule has 3 N–H and O–H groups in total. The van der Waals surface area contributed by atoms with Gasteiger partial charge in [0.1, 0.15) is 0 Å². The van der Waals surface area contributed by atoms with Crippen LogP contribution in [-0.4, -0.2) is 31.1 Å². The molecule has 1 aromatic rings. The summed E-state index contributed by atoms with van der Waals surface area (Å²) in [5.74, 6) is -0.310. The van der Waals surface area contributed by atoms with Crippen LogP contribution in [0.4, 0.5) is 4.79 Å². The highest BCUT2D eigenvalue weighted by Crippen LogP contribution is 2.21. The van der Waals surface area contributed by atoms with E-state index in [1.165, 1.54) is 18.2 Å². The van der Waals surface area contributed by atoms with Crippen molar-refractivity contribution in [2.45, 2.75) is 31.8 Å². The van der Waals surface area contributed by atoms with Gasteiger partial charge in [0.15, 0.2) is 0 Å². The zero-order chi connectivity index (χ0) is 13.8. The number of hydrogen-bond acceptors (Lipinski definition) is 3. The lowest BCUT2D eigenvalue weighted by molar-refractivity contribution is -0.121. The Kier molecular flexibility index (Phi) is 4.16. The van der Waals surface area contributed by atoms with E-state index in [9.17, 15) is 9.59 Å². The van der Waals surface area contributed by atoms with Crippen LogP contribution in [0.15, 0.2) is 24.3 Å². The van der Waals surface area contributed by atoms with Crippen molar-refractivity contribution < 1.29 is 9.59 Å². The summed E-state index contributed by atoms with van der Waals surface area (Å²) in [6.07, 6.45) is 1.85. The van der Waals surface area contributed by atoms with Crippen LogP contribution in [-0.2, 0) is 17.6 Å². The minimum atomic E-state index is -0.478. The molecule has 1 atom stereocenters. The van der Waals surface area contributed by atoms with Crippen LogP contribution < -0.4 is 16.0 Å². The van der Waals surface area contributed by atoms with E-state index >= 15 is 0 Å². The summed E-state index contributed by atoms with van der Waals surface area (Å²) in [7, 11) is 1.48. The summed E-state index contributed by atoms with van der Waals surface area (Å²) < 4.78 is 0. The van der Waals surface area contributed by atoms with Gasteiger partial charge in [0.05, 0.1) is 6.04 Å². The third-order valence-corrected chi connectivity index (χ3v) is 3.39. The number of carbonyl (C=O) groups is 2. The molecule has 5 heteroatoms. The highest BCUT2D eigenvalue weighted by atomic mass is 16.2. The summed E-state index contributed by atoms with van der Waals surface area (Å²) in [6, 6.07) is 7.68. The molecule has 2 rings (SSSR count). The Morgan fingerprint density at radius 3 is 2.32 bits per heavy atom. The quantitative estimate of drug-likeness (QED) is 0.745. The summed E-state index contributed by atoms with van der Waals surface area (Å²) in [6.45, 7) is 1.77. The van der Waals surface area contributed by atoms with Gasteiger partial charge in [0.25, 0.3) is 0 Å². The van der Waals surface area contributed by atoms with Crippen LogP contribution in [0.3, 0.4) is 0 Å². The van der Waals surface area contributed by atoms with E-state index < -0.39 is 12.1 Å². The Hall–Kier alpha value is -1.88. The molecule has 1 unspecified atom stereocenters. The first-order valence-corrected chi connectivity index (χ1v) is 6.45. The first-order chi connectivity index (χ1) is 9.10. The number of urea groups is 1. The number of fused-ring (bicyclic) bond motifs is 1. The van der Waals surface area contributed by atoms with Gasteiger partial charge in [-0.3, -0.25) is 10.1 Å². The van der Waals surface area contributed by atoms with Gasteiger partial charge >= 0.3 is 6.03 Å². The lowest BCUT2D eigenvalue weighted by atomic mass is 10.1. The van der Waals surface area contributed by atoms with E-state index in [0.29, 0.717) is 0 Å². The van der Waals surface area contributed by atoms with Crippen LogP contribution in [0.25, 0.3) is 0 Å². The summed E-state index contributed by atoms with van der Waals surface area (Å²) >= 11 is 0. The molecule has 0 spiro atoms. The van der Waals surface area contributed by atoms with Gasteiger partial charge in [0.2, 0.25) is 5.91 Å². The Morgan fingerprint density at radius 1 is 1.21 bits per heavy atom. The van der Waals surface area contributed by atoms with Crippen molar-refractivity contribution in [3.63, 3.8) is 0 Å². The normalized spacial score (nSPS) is 15.7. The molecular formula is C14H19N3O2. The monoisotopic (exact) mass is 261 g/mol. The first kappa shape index (κ1) is 13.5. The summed E-state index contributed by atoms with van der Waals surface area (Å²) in [4.78, 5) is 22.8. The maximum atomic E-state index is 11.7. The van der Waals surface area contributed by atoms with Crippen molar-refractivity contribution in [1.82, 2.24) is 16.0 Å². The molecule has 1 aliphatic carbocycles. The molecule has 102 valence electrons. The fourth-order valence-electron chi connectivity index (χ4n) is 2.39. The van der Waals surface area contributed by atoms with Gasteiger partial charge in [-0.1, -0.05) is 24.3 Å². The molecule has 0 heterocycles. The molecule has 3 amide bonds. The van der Waals surface area contributed by atoms with Gasteiger partial charge in [-0.25, -0.2) is 4.79 Å². The Morgan fingerprint density at radius 2 is 1.79 bits per heavy atom. The van der Waals surface area contributed by atoms with Crippen LogP contribution in [0.1, 0.15) is 18.1 Å². The SMILES string of the molecule is CNC(=O)NC(=O)C(C)NC1Cc2ccccc2C1. The van der Waals surface area contributed by atoms with Crippen molar-refractivity contribution in [3.8, 4) is 0 Å². The third kappa shape index (κ3) is 3.32.